The van der Waals surface area contributed by atoms with Crippen molar-refractivity contribution in [2.45, 2.75) is 38.5 Å². The van der Waals surface area contributed by atoms with Crippen molar-refractivity contribution in [3.8, 4) is 0 Å². The second-order valence-electron chi connectivity index (χ2n) is 7.33. The van der Waals surface area contributed by atoms with E-state index in [1.165, 1.54) is 44.9 Å². The summed E-state index contributed by atoms with van der Waals surface area (Å²) >= 11 is 0. The van der Waals surface area contributed by atoms with Gasteiger partial charge in [0, 0.05) is 26.2 Å². The molecule has 0 bridgehead atoms. The molecule has 0 atom stereocenters. The molecule has 27 heavy (non-hydrogen) atoms. The van der Waals surface area contributed by atoms with Gasteiger partial charge in [-0.25, -0.2) is 9.97 Å². The molecule has 0 radical (unpaired) electrons. The van der Waals surface area contributed by atoms with Gasteiger partial charge in [0.2, 0.25) is 11.6 Å². The number of nitro groups is 1. The van der Waals surface area contributed by atoms with Crippen molar-refractivity contribution >= 4 is 17.3 Å². The van der Waals surface area contributed by atoms with E-state index in [0.717, 1.165) is 39.3 Å². The van der Waals surface area contributed by atoms with Crippen LogP contribution in [0, 0.1) is 10.1 Å². The van der Waals surface area contributed by atoms with E-state index >= 15 is 0 Å². The number of aromatic nitrogens is 2. The number of likely N-dealkylation sites (tertiary alicyclic amines) is 2. The SMILES string of the molecule is O=[N+]([O-])c1c(NCCN2CCCCC2)ncnc1NCCN1CCCCC1. The van der Waals surface area contributed by atoms with Crippen molar-refractivity contribution in [1.82, 2.24) is 19.8 Å². The first-order valence-electron chi connectivity index (χ1n) is 10.2. The van der Waals surface area contributed by atoms with Crippen LogP contribution in [0.5, 0.6) is 0 Å². The van der Waals surface area contributed by atoms with Crippen LogP contribution < -0.4 is 10.6 Å². The summed E-state index contributed by atoms with van der Waals surface area (Å²) in [5.74, 6) is 0.597. The predicted octanol–water partition coefficient (Wildman–Crippen LogP) is 2.18. The predicted molar refractivity (Wildman–Crippen MR) is 106 cm³/mol. The number of piperidine rings is 2. The lowest BCUT2D eigenvalue weighted by molar-refractivity contribution is -0.383. The summed E-state index contributed by atoms with van der Waals surface area (Å²) in [5.41, 5.74) is -0.0604. The Morgan fingerprint density at radius 2 is 1.30 bits per heavy atom. The van der Waals surface area contributed by atoms with Crippen LogP contribution in [0.2, 0.25) is 0 Å². The second-order valence-corrected chi connectivity index (χ2v) is 7.33. The standard InChI is InChI=1S/C18H31N7O2/c26-25(27)16-17(19-7-13-23-9-3-1-4-10-23)21-15-22-18(16)20-8-14-24-11-5-2-6-12-24/h15H,1-14H2,(H2,19,20,21,22). The van der Waals surface area contributed by atoms with Crippen molar-refractivity contribution in [1.29, 1.82) is 0 Å². The van der Waals surface area contributed by atoms with Crippen LogP contribution in [-0.2, 0) is 0 Å². The Morgan fingerprint density at radius 3 is 1.70 bits per heavy atom. The van der Waals surface area contributed by atoms with E-state index < -0.39 is 4.92 Å². The van der Waals surface area contributed by atoms with E-state index in [1.807, 2.05) is 0 Å². The van der Waals surface area contributed by atoms with Gasteiger partial charge in [0.1, 0.15) is 6.33 Å². The molecule has 0 amide bonds. The van der Waals surface area contributed by atoms with Crippen LogP contribution in [0.1, 0.15) is 38.5 Å². The van der Waals surface area contributed by atoms with Gasteiger partial charge in [0.05, 0.1) is 4.92 Å². The number of rotatable bonds is 9. The summed E-state index contributed by atoms with van der Waals surface area (Å²) in [7, 11) is 0. The van der Waals surface area contributed by atoms with Gasteiger partial charge in [-0.15, -0.1) is 0 Å². The molecule has 0 aromatic carbocycles. The summed E-state index contributed by atoms with van der Waals surface area (Å²) in [5, 5.41) is 17.9. The lowest BCUT2D eigenvalue weighted by atomic mass is 10.1. The zero-order valence-corrected chi connectivity index (χ0v) is 16.0. The summed E-state index contributed by atoms with van der Waals surface area (Å²) in [6.07, 6.45) is 8.93. The van der Waals surface area contributed by atoms with E-state index in [1.54, 1.807) is 0 Å². The molecular formula is C18H31N7O2. The average molecular weight is 377 g/mol. The largest absolute Gasteiger partial charge is 0.363 e. The number of hydrogen-bond donors (Lipinski definition) is 2. The maximum atomic E-state index is 11.6. The molecule has 2 saturated heterocycles. The zero-order valence-electron chi connectivity index (χ0n) is 16.0. The Bertz CT molecular complexity index is 559. The summed E-state index contributed by atoms with van der Waals surface area (Å²) in [6, 6.07) is 0. The van der Waals surface area contributed by atoms with Crippen LogP contribution in [0.3, 0.4) is 0 Å². The Labute approximate surface area is 160 Å². The number of hydrogen-bond acceptors (Lipinski definition) is 8. The number of nitrogens with one attached hydrogen (secondary N) is 2. The molecule has 9 nitrogen and oxygen atoms in total. The molecule has 0 aliphatic carbocycles. The molecule has 3 heterocycles. The molecule has 9 heteroatoms. The Kier molecular flexibility index (Phi) is 7.58. The second kappa shape index (κ2) is 10.4. The average Bonchev–Trinajstić information content (AvgIpc) is 2.69. The van der Waals surface area contributed by atoms with Crippen LogP contribution in [-0.4, -0.2) is 77.0 Å². The third-order valence-electron chi connectivity index (χ3n) is 5.34. The van der Waals surface area contributed by atoms with Gasteiger partial charge in [-0.05, 0) is 51.9 Å². The van der Waals surface area contributed by atoms with Gasteiger partial charge in [-0.2, -0.15) is 0 Å². The fraction of sp³-hybridized carbons (Fsp3) is 0.778. The number of anilines is 2. The van der Waals surface area contributed by atoms with E-state index in [4.69, 9.17) is 0 Å². The first-order chi connectivity index (χ1) is 13.2. The van der Waals surface area contributed by atoms with Gasteiger partial charge in [0.15, 0.2) is 0 Å². The molecular weight excluding hydrogens is 346 g/mol. The molecule has 2 N–H and O–H groups in total. The summed E-state index contributed by atoms with van der Waals surface area (Å²) in [6.45, 7) is 7.47. The summed E-state index contributed by atoms with van der Waals surface area (Å²) < 4.78 is 0. The van der Waals surface area contributed by atoms with Gasteiger partial charge >= 0.3 is 5.69 Å². The Morgan fingerprint density at radius 1 is 0.852 bits per heavy atom. The van der Waals surface area contributed by atoms with Crippen molar-refractivity contribution in [3.05, 3.63) is 16.4 Å². The van der Waals surface area contributed by atoms with Crippen molar-refractivity contribution < 1.29 is 4.92 Å². The topological polar surface area (TPSA) is 99.5 Å². The highest BCUT2D eigenvalue weighted by Gasteiger charge is 2.23. The molecule has 1 aromatic rings. The Hall–Kier alpha value is -2.00. The fourth-order valence-electron chi connectivity index (χ4n) is 3.84. The van der Waals surface area contributed by atoms with Crippen molar-refractivity contribution in [3.63, 3.8) is 0 Å². The maximum absolute atomic E-state index is 11.6. The third kappa shape index (κ3) is 6.00. The van der Waals surface area contributed by atoms with E-state index in [9.17, 15) is 10.1 Å². The van der Waals surface area contributed by atoms with Crippen molar-refractivity contribution in [2.24, 2.45) is 0 Å². The highest BCUT2D eigenvalue weighted by atomic mass is 16.6. The number of nitrogens with zero attached hydrogens (tertiary/aromatic N) is 5. The van der Waals surface area contributed by atoms with Crippen molar-refractivity contribution in [2.75, 3.05) is 63.0 Å². The van der Waals surface area contributed by atoms with Crippen LogP contribution in [0.15, 0.2) is 6.33 Å². The molecule has 0 unspecified atom stereocenters. The van der Waals surface area contributed by atoms with E-state index in [-0.39, 0.29) is 5.69 Å². The molecule has 0 spiro atoms. The van der Waals surface area contributed by atoms with Crippen LogP contribution in [0.25, 0.3) is 0 Å². The first-order valence-corrected chi connectivity index (χ1v) is 10.2. The molecule has 2 aliphatic rings. The highest BCUT2D eigenvalue weighted by Crippen LogP contribution is 2.28. The minimum absolute atomic E-state index is 0.0604. The van der Waals surface area contributed by atoms with Crippen LogP contribution in [0.4, 0.5) is 17.3 Å². The normalized spacial score (nSPS) is 19.0. The quantitative estimate of drug-likeness (QED) is 0.499. The fourth-order valence-corrected chi connectivity index (χ4v) is 3.84. The lowest BCUT2D eigenvalue weighted by Gasteiger charge is -2.26. The summed E-state index contributed by atoms with van der Waals surface area (Å²) in [4.78, 5) is 24.2. The van der Waals surface area contributed by atoms with Gasteiger partial charge in [-0.3, -0.25) is 10.1 Å². The first kappa shape index (κ1) is 19.8. The van der Waals surface area contributed by atoms with E-state index in [0.29, 0.717) is 24.7 Å². The minimum Gasteiger partial charge on any atom is -0.363 e. The molecule has 2 aliphatic heterocycles. The molecule has 2 fully saturated rings. The molecule has 1 aromatic heterocycles. The molecule has 3 rings (SSSR count). The van der Waals surface area contributed by atoms with E-state index in [2.05, 4.69) is 30.4 Å². The lowest BCUT2D eigenvalue weighted by Crippen LogP contribution is -2.34. The van der Waals surface area contributed by atoms with Gasteiger partial charge in [-0.1, -0.05) is 12.8 Å². The maximum Gasteiger partial charge on any atom is 0.353 e. The van der Waals surface area contributed by atoms with Crippen LogP contribution >= 0.6 is 0 Å². The highest BCUT2D eigenvalue weighted by molar-refractivity contribution is 5.69. The Balaban J connectivity index is 1.53. The smallest absolute Gasteiger partial charge is 0.353 e. The molecule has 150 valence electrons. The van der Waals surface area contributed by atoms with Gasteiger partial charge < -0.3 is 20.4 Å². The monoisotopic (exact) mass is 377 g/mol. The minimum atomic E-state index is -0.396. The third-order valence-corrected chi connectivity index (χ3v) is 5.34. The van der Waals surface area contributed by atoms with Gasteiger partial charge in [0.25, 0.3) is 0 Å². The molecule has 0 saturated carbocycles. The zero-order chi connectivity index (χ0) is 18.9.